The zero-order valence-corrected chi connectivity index (χ0v) is 17.1. The smallest absolute Gasteiger partial charge is 0.285 e. The Balaban J connectivity index is 1.90. The summed E-state index contributed by atoms with van der Waals surface area (Å²) in [5.74, 6) is -0.179. The molecule has 0 radical (unpaired) electrons. The third kappa shape index (κ3) is 4.14. The van der Waals surface area contributed by atoms with E-state index < -0.39 is 15.9 Å². The lowest BCUT2D eigenvalue weighted by molar-refractivity contribution is 0.0976. The number of benzene rings is 2. The van der Waals surface area contributed by atoms with E-state index in [1.54, 1.807) is 31.2 Å². The van der Waals surface area contributed by atoms with Gasteiger partial charge in [-0.3, -0.25) is 4.79 Å². The SMILES string of the molecule is COc1ccc(Cl)c(S(=O)(=O)NC(=O)c2nc(-c3ccc(Cl)cc3)[nH]c2C)c1. The molecule has 0 aliphatic heterocycles. The summed E-state index contributed by atoms with van der Waals surface area (Å²) in [5, 5.41) is 0.521. The van der Waals surface area contributed by atoms with Gasteiger partial charge >= 0.3 is 0 Å². The van der Waals surface area contributed by atoms with Gasteiger partial charge < -0.3 is 9.72 Å². The van der Waals surface area contributed by atoms with E-state index in [0.717, 1.165) is 0 Å². The third-order valence-corrected chi connectivity index (χ3v) is 5.94. The van der Waals surface area contributed by atoms with Gasteiger partial charge in [-0.1, -0.05) is 23.2 Å². The molecule has 146 valence electrons. The van der Waals surface area contributed by atoms with Gasteiger partial charge in [0.25, 0.3) is 15.9 Å². The van der Waals surface area contributed by atoms with Gasteiger partial charge in [0, 0.05) is 22.3 Å². The molecular weight excluding hydrogens is 425 g/mol. The molecule has 28 heavy (non-hydrogen) atoms. The average Bonchev–Trinajstić information content (AvgIpc) is 3.04. The number of aromatic amines is 1. The van der Waals surface area contributed by atoms with E-state index in [4.69, 9.17) is 27.9 Å². The van der Waals surface area contributed by atoms with Crippen LogP contribution in [0.5, 0.6) is 5.75 Å². The number of halogens is 2. The predicted molar refractivity (Wildman–Crippen MR) is 106 cm³/mol. The lowest BCUT2D eigenvalue weighted by Crippen LogP contribution is -2.31. The first-order chi connectivity index (χ1) is 13.2. The normalized spacial score (nSPS) is 11.3. The zero-order chi connectivity index (χ0) is 20.5. The fraction of sp³-hybridized carbons (Fsp3) is 0.111. The zero-order valence-electron chi connectivity index (χ0n) is 14.8. The Bertz CT molecular complexity index is 1140. The maximum absolute atomic E-state index is 12.6. The molecular formula is C18H15Cl2N3O4S. The Morgan fingerprint density at radius 2 is 1.82 bits per heavy atom. The van der Waals surface area contributed by atoms with Crippen LogP contribution in [0.2, 0.25) is 10.0 Å². The molecule has 0 aliphatic rings. The largest absolute Gasteiger partial charge is 0.497 e. The molecule has 1 heterocycles. The van der Waals surface area contributed by atoms with E-state index in [0.29, 0.717) is 22.1 Å². The van der Waals surface area contributed by atoms with Crippen molar-refractivity contribution >= 4 is 39.1 Å². The highest BCUT2D eigenvalue weighted by molar-refractivity contribution is 7.90. The molecule has 0 atom stereocenters. The Hall–Kier alpha value is -2.55. The highest BCUT2D eigenvalue weighted by Crippen LogP contribution is 2.26. The van der Waals surface area contributed by atoms with Gasteiger partial charge in [0.2, 0.25) is 0 Å². The van der Waals surface area contributed by atoms with Crippen molar-refractivity contribution in [3.05, 3.63) is 63.9 Å². The summed E-state index contributed by atoms with van der Waals surface area (Å²) in [6, 6.07) is 10.9. The number of methoxy groups -OCH3 is 1. The monoisotopic (exact) mass is 439 g/mol. The molecule has 1 amide bonds. The highest BCUT2D eigenvalue weighted by Gasteiger charge is 2.25. The molecule has 3 aromatic rings. The Morgan fingerprint density at radius 3 is 2.46 bits per heavy atom. The molecule has 2 aromatic carbocycles. The van der Waals surface area contributed by atoms with E-state index in [2.05, 4.69) is 9.97 Å². The van der Waals surface area contributed by atoms with Gasteiger partial charge in [-0.25, -0.2) is 18.1 Å². The van der Waals surface area contributed by atoms with Crippen LogP contribution < -0.4 is 9.46 Å². The lowest BCUT2D eigenvalue weighted by Gasteiger charge is -2.09. The minimum absolute atomic E-state index is 0.0401. The maximum Gasteiger partial charge on any atom is 0.285 e. The van der Waals surface area contributed by atoms with Crippen molar-refractivity contribution in [2.45, 2.75) is 11.8 Å². The maximum atomic E-state index is 12.6. The number of sulfonamides is 1. The van der Waals surface area contributed by atoms with Gasteiger partial charge in [0.15, 0.2) is 5.69 Å². The van der Waals surface area contributed by atoms with Crippen LogP contribution in [-0.2, 0) is 10.0 Å². The number of ether oxygens (including phenoxy) is 1. The Morgan fingerprint density at radius 1 is 1.14 bits per heavy atom. The summed E-state index contributed by atoms with van der Waals surface area (Å²) in [7, 11) is -2.84. The second kappa shape index (κ2) is 7.83. The number of hydrogen-bond acceptors (Lipinski definition) is 5. The van der Waals surface area contributed by atoms with Gasteiger partial charge in [-0.15, -0.1) is 0 Å². The van der Waals surface area contributed by atoms with Crippen molar-refractivity contribution in [2.75, 3.05) is 7.11 Å². The fourth-order valence-electron chi connectivity index (χ4n) is 2.47. The van der Waals surface area contributed by atoms with Gasteiger partial charge in [0.05, 0.1) is 12.1 Å². The number of aromatic nitrogens is 2. The first kappa shape index (κ1) is 20.2. The summed E-state index contributed by atoms with van der Waals surface area (Å²) in [4.78, 5) is 19.5. The number of H-pyrrole nitrogens is 1. The van der Waals surface area contributed by atoms with Crippen LogP contribution in [0.1, 0.15) is 16.2 Å². The minimum atomic E-state index is -4.23. The molecule has 0 fully saturated rings. The number of hydrogen-bond donors (Lipinski definition) is 2. The summed E-state index contributed by atoms with van der Waals surface area (Å²) in [6.07, 6.45) is 0. The van der Waals surface area contributed by atoms with Crippen LogP contribution in [-0.4, -0.2) is 31.4 Å². The summed E-state index contributed by atoms with van der Waals surface area (Å²) >= 11 is 11.8. The summed E-state index contributed by atoms with van der Waals surface area (Å²) in [5.41, 5.74) is 1.06. The number of aryl methyl sites for hydroxylation is 1. The number of amides is 1. The number of rotatable bonds is 5. The quantitative estimate of drug-likeness (QED) is 0.628. The van der Waals surface area contributed by atoms with Crippen molar-refractivity contribution in [1.82, 2.24) is 14.7 Å². The molecule has 3 rings (SSSR count). The first-order valence-corrected chi connectivity index (χ1v) is 10.2. The molecule has 0 spiro atoms. The second-order valence-corrected chi connectivity index (χ2v) is 8.29. The van der Waals surface area contributed by atoms with E-state index in [9.17, 15) is 13.2 Å². The number of nitrogens with one attached hydrogen (secondary N) is 2. The molecule has 2 N–H and O–H groups in total. The number of nitrogens with zero attached hydrogens (tertiary/aromatic N) is 1. The van der Waals surface area contributed by atoms with Gasteiger partial charge in [-0.05, 0) is 43.3 Å². The van der Waals surface area contributed by atoms with Crippen LogP contribution >= 0.6 is 23.2 Å². The molecule has 0 saturated carbocycles. The van der Waals surface area contributed by atoms with Crippen LogP contribution in [0.25, 0.3) is 11.4 Å². The molecule has 7 nitrogen and oxygen atoms in total. The topological polar surface area (TPSA) is 101 Å². The fourth-order valence-corrected chi connectivity index (χ4v) is 4.06. The van der Waals surface area contributed by atoms with Crippen LogP contribution in [0.3, 0.4) is 0 Å². The van der Waals surface area contributed by atoms with Crippen molar-refractivity contribution in [3.8, 4) is 17.1 Å². The molecule has 0 bridgehead atoms. The van der Waals surface area contributed by atoms with Crippen LogP contribution in [0.4, 0.5) is 0 Å². The predicted octanol–water partition coefficient (Wildman–Crippen LogP) is 3.82. The summed E-state index contributed by atoms with van der Waals surface area (Å²) in [6.45, 7) is 1.62. The molecule has 1 aromatic heterocycles. The first-order valence-electron chi connectivity index (χ1n) is 7.94. The molecule has 0 saturated heterocycles. The third-order valence-electron chi connectivity index (χ3n) is 3.87. The van der Waals surface area contributed by atoms with Crippen molar-refractivity contribution in [3.63, 3.8) is 0 Å². The number of carbonyl (C=O) groups excluding carboxylic acids is 1. The van der Waals surface area contributed by atoms with E-state index >= 15 is 0 Å². The lowest BCUT2D eigenvalue weighted by atomic mass is 10.2. The Labute approximate surface area is 171 Å². The van der Waals surface area contributed by atoms with Crippen LogP contribution in [0, 0.1) is 6.92 Å². The Kier molecular flexibility index (Phi) is 5.64. The second-order valence-electron chi connectivity index (χ2n) is 5.80. The number of carbonyl (C=O) groups is 1. The van der Waals surface area contributed by atoms with Crippen molar-refractivity contribution < 1.29 is 17.9 Å². The highest BCUT2D eigenvalue weighted by atomic mass is 35.5. The summed E-state index contributed by atoms with van der Waals surface area (Å²) < 4.78 is 32.2. The van der Waals surface area contributed by atoms with Crippen molar-refractivity contribution in [2.24, 2.45) is 0 Å². The van der Waals surface area contributed by atoms with Crippen molar-refractivity contribution in [1.29, 1.82) is 0 Å². The van der Waals surface area contributed by atoms with E-state index in [1.165, 1.54) is 25.3 Å². The molecule has 10 heteroatoms. The van der Waals surface area contributed by atoms with E-state index in [-0.39, 0.29) is 21.4 Å². The van der Waals surface area contributed by atoms with Gasteiger partial charge in [-0.2, -0.15) is 0 Å². The van der Waals surface area contributed by atoms with Crippen LogP contribution in [0.15, 0.2) is 47.4 Å². The molecule has 0 unspecified atom stereocenters. The molecule has 0 aliphatic carbocycles. The average molecular weight is 440 g/mol. The van der Waals surface area contributed by atoms with E-state index in [1.807, 2.05) is 4.72 Å². The minimum Gasteiger partial charge on any atom is -0.497 e. The standard InChI is InChI=1S/C18H15Cl2N3O4S/c1-10-16(22-17(21-10)11-3-5-12(19)6-4-11)18(24)23-28(25,26)15-9-13(27-2)7-8-14(15)20/h3-9H,1-2H3,(H,21,22)(H,23,24). The number of imidazole rings is 1. The van der Waals surface area contributed by atoms with Gasteiger partial charge in [0.1, 0.15) is 16.5 Å².